The number of nitrogens with one attached hydrogen (secondary N) is 1. The number of nitrogens with zero attached hydrogens (tertiary/aromatic N) is 2. The van der Waals surface area contributed by atoms with Crippen LogP contribution in [0.4, 0.5) is 10.1 Å². The summed E-state index contributed by atoms with van der Waals surface area (Å²) in [7, 11) is 1.60. The van der Waals surface area contributed by atoms with E-state index >= 15 is 0 Å². The van der Waals surface area contributed by atoms with Gasteiger partial charge in [0, 0.05) is 35.1 Å². The van der Waals surface area contributed by atoms with Crippen molar-refractivity contribution in [3.05, 3.63) is 83.5 Å². The highest BCUT2D eigenvalue weighted by Crippen LogP contribution is 2.35. The molecule has 0 bridgehead atoms. The molecule has 1 N–H and O–H groups in total. The number of benzene rings is 2. The van der Waals surface area contributed by atoms with Crippen molar-refractivity contribution in [1.29, 1.82) is 0 Å². The Hall–Kier alpha value is -3.18. The van der Waals surface area contributed by atoms with Crippen molar-refractivity contribution in [3.8, 4) is 16.9 Å². The van der Waals surface area contributed by atoms with Crippen LogP contribution in [0.5, 0.6) is 5.75 Å². The highest BCUT2D eigenvalue weighted by Gasteiger charge is 2.17. The molecule has 2 heterocycles. The predicted octanol–water partition coefficient (Wildman–Crippen LogP) is 6.27. The second-order valence-electron chi connectivity index (χ2n) is 6.68. The number of para-hydroxylation sites is 1. The number of halogens is 2. The van der Waals surface area contributed by atoms with E-state index in [2.05, 4.69) is 15.3 Å². The SMILES string of the molecule is COc1ccncc1-c1ccc(F)c([C@@H](C)Nc2c(Cl)cnc3ccccc23)c1. The number of pyridine rings is 2. The lowest BCUT2D eigenvalue weighted by molar-refractivity contribution is 0.416. The topological polar surface area (TPSA) is 47.0 Å². The highest BCUT2D eigenvalue weighted by atomic mass is 35.5. The zero-order valence-electron chi connectivity index (χ0n) is 16.0. The molecule has 0 saturated heterocycles. The molecule has 146 valence electrons. The van der Waals surface area contributed by atoms with Crippen molar-refractivity contribution in [2.75, 3.05) is 12.4 Å². The number of rotatable bonds is 5. The van der Waals surface area contributed by atoms with E-state index in [9.17, 15) is 4.39 Å². The molecule has 0 aliphatic rings. The minimum Gasteiger partial charge on any atom is -0.496 e. The third-order valence-corrected chi connectivity index (χ3v) is 5.15. The molecule has 4 nitrogen and oxygen atoms in total. The van der Waals surface area contributed by atoms with Crippen molar-refractivity contribution in [2.45, 2.75) is 13.0 Å². The maximum atomic E-state index is 14.7. The molecule has 1 atom stereocenters. The van der Waals surface area contributed by atoms with Gasteiger partial charge in [-0.25, -0.2) is 4.39 Å². The van der Waals surface area contributed by atoms with Gasteiger partial charge in [-0.15, -0.1) is 0 Å². The molecule has 0 fully saturated rings. The molecular weight excluding hydrogens is 389 g/mol. The van der Waals surface area contributed by atoms with Gasteiger partial charge in [-0.1, -0.05) is 35.9 Å². The zero-order chi connectivity index (χ0) is 20.4. The summed E-state index contributed by atoms with van der Waals surface area (Å²) in [6.07, 6.45) is 4.97. The van der Waals surface area contributed by atoms with Gasteiger partial charge >= 0.3 is 0 Å². The molecule has 0 saturated carbocycles. The largest absolute Gasteiger partial charge is 0.496 e. The molecule has 0 aliphatic carbocycles. The first-order valence-corrected chi connectivity index (χ1v) is 9.54. The number of fused-ring (bicyclic) bond motifs is 1. The van der Waals surface area contributed by atoms with E-state index in [1.807, 2.05) is 37.3 Å². The molecule has 0 aliphatic heterocycles. The fourth-order valence-corrected chi connectivity index (χ4v) is 3.58. The third kappa shape index (κ3) is 3.74. The summed E-state index contributed by atoms with van der Waals surface area (Å²) in [5, 5.41) is 4.73. The Kier molecular flexibility index (Phi) is 5.32. The van der Waals surface area contributed by atoms with Crippen LogP contribution in [0.3, 0.4) is 0 Å². The zero-order valence-corrected chi connectivity index (χ0v) is 16.7. The fourth-order valence-electron chi connectivity index (χ4n) is 3.38. The summed E-state index contributed by atoms with van der Waals surface area (Å²) < 4.78 is 20.1. The van der Waals surface area contributed by atoms with Gasteiger partial charge in [0.25, 0.3) is 0 Å². The van der Waals surface area contributed by atoms with Gasteiger partial charge in [-0.2, -0.15) is 0 Å². The Morgan fingerprint density at radius 1 is 1.10 bits per heavy atom. The van der Waals surface area contributed by atoms with E-state index in [0.29, 0.717) is 16.3 Å². The first kappa shape index (κ1) is 19.2. The number of anilines is 1. The van der Waals surface area contributed by atoms with Gasteiger partial charge in [0.15, 0.2) is 0 Å². The molecule has 0 radical (unpaired) electrons. The average molecular weight is 408 g/mol. The van der Waals surface area contributed by atoms with Crippen LogP contribution in [0.1, 0.15) is 18.5 Å². The molecular formula is C23H19ClFN3O. The van der Waals surface area contributed by atoms with Crippen molar-refractivity contribution >= 4 is 28.2 Å². The Bertz CT molecular complexity index is 1180. The number of hydrogen-bond donors (Lipinski definition) is 1. The van der Waals surface area contributed by atoms with E-state index < -0.39 is 0 Å². The summed E-state index contributed by atoms with van der Waals surface area (Å²) >= 11 is 6.40. The minimum atomic E-state index is -0.332. The molecule has 2 aromatic heterocycles. The molecule has 29 heavy (non-hydrogen) atoms. The number of ether oxygens (including phenoxy) is 1. The first-order chi connectivity index (χ1) is 14.1. The fraction of sp³-hybridized carbons (Fsp3) is 0.130. The van der Waals surface area contributed by atoms with E-state index in [0.717, 1.165) is 27.7 Å². The maximum Gasteiger partial charge on any atom is 0.129 e. The van der Waals surface area contributed by atoms with Crippen LogP contribution in [0, 0.1) is 5.82 Å². The summed E-state index contributed by atoms with van der Waals surface area (Å²) in [6, 6.07) is 14.1. The maximum absolute atomic E-state index is 14.7. The molecule has 4 aromatic rings. The van der Waals surface area contributed by atoms with Crippen molar-refractivity contribution in [1.82, 2.24) is 9.97 Å². The smallest absolute Gasteiger partial charge is 0.129 e. The van der Waals surface area contributed by atoms with E-state index in [4.69, 9.17) is 16.3 Å². The van der Waals surface area contributed by atoms with Crippen LogP contribution in [0.25, 0.3) is 22.0 Å². The van der Waals surface area contributed by atoms with E-state index in [1.165, 1.54) is 6.07 Å². The molecule has 4 rings (SSSR count). The monoisotopic (exact) mass is 407 g/mol. The molecule has 0 amide bonds. The van der Waals surface area contributed by atoms with Crippen LogP contribution < -0.4 is 10.1 Å². The van der Waals surface area contributed by atoms with Crippen LogP contribution in [-0.2, 0) is 0 Å². The van der Waals surface area contributed by atoms with Gasteiger partial charge < -0.3 is 10.1 Å². The van der Waals surface area contributed by atoms with Gasteiger partial charge in [0.1, 0.15) is 11.6 Å². The number of aromatic nitrogens is 2. The van der Waals surface area contributed by atoms with Crippen molar-refractivity contribution in [2.24, 2.45) is 0 Å². The Balaban J connectivity index is 1.73. The first-order valence-electron chi connectivity index (χ1n) is 9.16. The summed E-state index contributed by atoms with van der Waals surface area (Å²) in [4.78, 5) is 8.51. The molecule has 0 unspecified atom stereocenters. The minimum absolute atomic E-state index is 0.300. The van der Waals surface area contributed by atoms with Crippen LogP contribution in [0.2, 0.25) is 5.02 Å². The quantitative estimate of drug-likeness (QED) is 0.423. The van der Waals surface area contributed by atoms with Gasteiger partial charge in [0.2, 0.25) is 0 Å². The number of hydrogen-bond acceptors (Lipinski definition) is 4. The molecule has 6 heteroatoms. The summed E-state index contributed by atoms with van der Waals surface area (Å²) in [5.41, 5.74) is 3.70. The predicted molar refractivity (Wildman–Crippen MR) is 115 cm³/mol. The second-order valence-corrected chi connectivity index (χ2v) is 7.08. The summed E-state index contributed by atoms with van der Waals surface area (Å²) in [6.45, 7) is 1.90. The second kappa shape index (κ2) is 8.05. The van der Waals surface area contributed by atoms with Crippen LogP contribution in [-0.4, -0.2) is 17.1 Å². The highest BCUT2D eigenvalue weighted by molar-refractivity contribution is 6.34. The third-order valence-electron chi connectivity index (χ3n) is 4.86. The van der Waals surface area contributed by atoms with Crippen LogP contribution >= 0.6 is 11.6 Å². The lowest BCUT2D eigenvalue weighted by Crippen LogP contribution is -2.10. The van der Waals surface area contributed by atoms with Crippen molar-refractivity contribution in [3.63, 3.8) is 0 Å². The Labute approximate surface area is 173 Å². The van der Waals surface area contributed by atoms with Gasteiger partial charge in [0.05, 0.1) is 29.4 Å². The Morgan fingerprint density at radius 3 is 2.76 bits per heavy atom. The van der Waals surface area contributed by atoms with Gasteiger partial charge in [-0.3, -0.25) is 9.97 Å². The lowest BCUT2D eigenvalue weighted by atomic mass is 9.99. The summed E-state index contributed by atoms with van der Waals surface area (Å²) in [5.74, 6) is 0.382. The standard InChI is InChI=1S/C23H19ClFN3O/c1-14(28-23-16-5-3-4-6-21(16)27-13-19(23)24)17-11-15(7-8-20(17)25)18-12-26-10-9-22(18)29-2/h3-14H,1-2H3,(H,27,28)/t14-/m1/s1. The number of methoxy groups -OCH3 is 1. The van der Waals surface area contributed by atoms with E-state index in [1.54, 1.807) is 37.8 Å². The molecule has 2 aromatic carbocycles. The van der Waals surface area contributed by atoms with Gasteiger partial charge in [-0.05, 0) is 36.8 Å². The van der Waals surface area contributed by atoms with E-state index in [-0.39, 0.29) is 11.9 Å². The Morgan fingerprint density at radius 2 is 1.93 bits per heavy atom. The average Bonchev–Trinajstić information content (AvgIpc) is 2.76. The van der Waals surface area contributed by atoms with Crippen LogP contribution in [0.15, 0.2) is 67.1 Å². The lowest BCUT2D eigenvalue weighted by Gasteiger charge is -2.20. The van der Waals surface area contributed by atoms with Crippen molar-refractivity contribution < 1.29 is 9.13 Å². The normalized spacial score (nSPS) is 12.0. The molecule has 0 spiro atoms.